The van der Waals surface area contributed by atoms with Gasteiger partial charge >= 0.3 is 31.1 Å². The van der Waals surface area contributed by atoms with Crippen LogP contribution in [0.4, 0.5) is 0 Å². The van der Waals surface area contributed by atoms with E-state index in [4.69, 9.17) is 16.2 Å². The Morgan fingerprint density at radius 3 is 2.60 bits per heavy atom. The van der Waals surface area contributed by atoms with Crippen LogP contribution in [0.15, 0.2) is 0 Å². The third kappa shape index (κ3) is 7.72. The van der Waals surface area contributed by atoms with Crippen molar-refractivity contribution in [3.63, 3.8) is 0 Å². The molecule has 0 aromatic heterocycles. The summed E-state index contributed by atoms with van der Waals surface area (Å²) in [4.78, 5) is 2.00. The summed E-state index contributed by atoms with van der Waals surface area (Å²) in [6, 6.07) is 0.361. The number of hydrogen-bond donors (Lipinski definition) is 2. The van der Waals surface area contributed by atoms with Crippen LogP contribution in [0.5, 0.6) is 0 Å². The maximum atomic E-state index is 9.20. The Kier molecular flexibility index (Phi) is 13.8. The molecule has 4 N–H and O–H groups in total. The van der Waals surface area contributed by atoms with Crippen LogP contribution in [0.3, 0.4) is 0 Å². The Morgan fingerprint density at radius 2 is 2.33 bits per heavy atom. The van der Waals surface area contributed by atoms with E-state index in [0.717, 1.165) is 13.0 Å². The van der Waals surface area contributed by atoms with Crippen LogP contribution in [-0.4, -0.2) is 49.6 Å². The Bertz CT molecular complexity index is 165. The molecule has 1 unspecified atom stereocenters. The Labute approximate surface area is 118 Å². The van der Waals surface area contributed by atoms with E-state index in [1.54, 1.807) is 6.82 Å². The maximum Gasteiger partial charge on any atom is 0 e. The molecule has 8 heteroatoms. The summed E-state index contributed by atoms with van der Waals surface area (Å²) in [6.45, 7) is 3.29. The van der Waals surface area contributed by atoms with Crippen LogP contribution >= 0.6 is 0 Å². The van der Waals surface area contributed by atoms with Crippen LogP contribution in [0.1, 0.15) is 6.42 Å². The molecule has 0 aromatic rings. The van der Waals surface area contributed by atoms with Gasteiger partial charge in [0.1, 0.15) is 0 Å². The standard InChI is InChI=1S/C6H14BN2O.CH3BNO.Y/c1-7(10)9-4-2-3-6(9)5-8;3-1-2-4;/h2,6,10H,3-5,8H2,1H3;3H,1H2;/q2*-1;. The Hall–Kier alpha value is 0.874. The summed E-state index contributed by atoms with van der Waals surface area (Å²) in [7, 11) is 0.187. The van der Waals surface area contributed by atoms with E-state index in [2.05, 4.69) is 6.42 Å². The van der Waals surface area contributed by atoms with Gasteiger partial charge in [-0.2, -0.15) is 6.42 Å². The predicted molar refractivity (Wildman–Crippen MR) is 57.9 cm³/mol. The van der Waals surface area contributed by atoms with Crippen molar-refractivity contribution in [3.05, 3.63) is 12.2 Å². The molecule has 0 aromatic carbocycles. The fourth-order valence-corrected chi connectivity index (χ4v) is 1.39. The quantitative estimate of drug-likeness (QED) is 0.534. The van der Waals surface area contributed by atoms with E-state index in [1.165, 1.54) is 0 Å². The van der Waals surface area contributed by atoms with Crippen LogP contribution in [0.25, 0.3) is 5.73 Å². The molecule has 1 atom stereocenters. The van der Waals surface area contributed by atoms with E-state index in [0.29, 0.717) is 19.7 Å². The van der Waals surface area contributed by atoms with Gasteiger partial charge in [0.2, 0.25) is 0 Å². The second-order valence-electron chi connectivity index (χ2n) is 3.11. The molecule has 1 rings (SSSR count). The van der Waals surface area contributed by atoms with Crippen molar-refractivity contribution < 1.29 is 42.4 Å². The second-order valence-corrected chi connectivity index (χ2v) is 3.11. The van der Waals surface area contributed by atoms with Crippen molar-refractivity contribution in [2.75, 3.05) is 19.5 Å². The molecule has 0 aliphatic carbocycles. The average molecular weight is 286 g/mol. The van der Waals surface area contributed by atoms with Gasteiger partial charge in [-0.3, -0.25) is 0 Å². The number of nitrogens with zero attached hydrogens (tertiary/aromatic N) is 1. The van der Waals surface area contributed by atoms with E-state index < -0.39 is 0 Å². The molecule has 0 amide bonds. The van der Waals surface area contributed by atoms with Gasteiger partial charge in [-0.05, 0) is 12.9 Å². The zero-order valence-corrected chi connectivity index (χ0v) is 11.9. The monoisotopic (exact) mass is 286 g/mol. The van der Waals surface area contributed by atoms with Crippen molar-refractivity contribution in [2.45, 2.75) is 19.3 Å². The summed E-state index contributed by atoms with van der Waals surface area (Å²) in [6.07, 6.45) is 3.06. The average Bonchev–Trinajstić information content (AvgIpc) is 2.66. The third-order valence-corrected chi connectivity index (χ3v) is 2.08. The smallest absolute Gasteiger partial charge is 0 e. The molecular formula is C7H17B2N3O2Y-2. The summed E-state index contributed by atoms with van der Waals surface area (Å²) in [5.41, 5.74) is 11.6. The van der Waals surface area contributed by atoms with E-state index >= 15 is 0 Å². The first kappa shape index (κ1) is 18.2. The van der Waals surface area contributed by atoms with Crippen LogP contribution in [0, 0.1) is 6.42 Å². The first-order valence-electron chi connectivity index (χ1n) is 4.71. The third-order valence-electron chi connectivity index (χ3n) is 2.08. The van der Waals surface area contributed by atoms with Crippen molar-refractivity contribution in [1.29, 1.82) is 0 Å². The molecule has 1 aliphatic rings. The maximum absolute atomic E-state index is 9.20. The van der Waals surface area contributed by atoms with E-state index in [-0.39, 0.29) is 46.2 Å². The zero-order valence-electron chi connectivity index (χ0n) is 9.10. The zero-order chi connectivity index (χ0) is 11.0. The first-order chi connectivity index (χ1) is 6.67. The van der Waals surface area contributed by atoms with Crippen molar-refractivity contribution in [3.8, 4) is 0 Å². The fraction of sp³-hybridized carbons (Fsp3) is 0.857. The minimum atomic E-state index is -0.354. The number of rotatable bonds is 3. The van der Waals surface area contributed by atoms with Gasteiger partial charge in [-0.15, -0.1) is 6.54 Å². The van der Waals surface area contributed by atoms with Gasteiger partial charge in [0.25, 0.3) is 0 Å². The van der Waals surface area contributed by atoms with Gasteiger partial charge in [0.05, 0.1) is 0 Å². The van der Waals surface area contributed by atoms with Crippen LogP contribution in [-0.2, 0) is 37.4 Å². The number of nitrogens with two attached hydrogens (primary N) is 1. The molecule has 0 spiro atoms. The van der Waals surface area contributed by atoms with Gasteiger partial charge in [-0.25, -0.2) is 0 Å². The normalized spacial score (nSPS) is 19.6. The molecule has 1 saturated heterocycles. The minimum absolute atomic E-state index is 0. The van der Waals surface area contributed by atoms with Crippen molar-refractivity contribution >= 4 is 14.2 Å². The second kappa shape index (κ2) is 11.4. The Balaban J connectivity index is 0. The van der Waals surface area contributed by atoms with Gasteiger partial charge in [-0.1, -0.05) is 0 Å². The SMILES string of the molecule is CB(O)N1C[CH-]CC1CN.[NH-]CB=O.[Y]. The number of nitrogens with one attached hydrogen (secondary N) is 1. The molecule has 15 heavy (non-hydrogen) atoms. The van der Waals surface area contributed by atoms with Crippen molar-refractivity contribution in [1.82, 2.24) is 4.81 Å². The molecule has 0 bridgehead atoms. The summed E-state index contributed by atoms with van der Waals surface area (Å²) in [5, 5.41) is 9.20. The minimum Gasteiger partial charge on any atom is 0 e. The Morgan fingerprint density at radius 1 is 1.80 bits per heavy atom. The fourth-order valence-electron chi connectivity index (χ4n) is 1.39. The summed E-state index contributed by atoms with van der Waals surface area (Å²) in [5.74, 6) is 0. The topological polar surface area (TPSA) is 90.4 Å². The van der Waals surface area contributed by atoms with Gasteiger partial charge < -0.3 is 22.0 Å². The molecule has 5 nitrogen and oxygen atoms in total. The van der Waals surface area contributed by atoms with E-state index in [9.17, 15) is 5.02 Å². The molecule has 1 fully saturated rings. The summed E-state index contributed by atoms with van der Waals surface area (Å²) < 4.78 is 8.99. The molecule has 83 valence electrons. The largest absolute Gasteiger partial charge is 0 e. The van der Waals surface area contributed by atoms with Crippen LogP contribution in [0.2, 0.25) is 6.82 Å². The van der Waals surface area contributed by atoms with Gasteiger partial charge in [0.15, 0.2) is 0 Å². The molecule has 1 heterocycles. The predicted octanol–water partition coefficient (Wildman–Crippen LogP) is -0.623. The van der Waals surface area contributed by atoms with Crippen LogP contribution < -0.4 is 5.73 Å². The van der Waals surface area contributed by atoms with Gasteiger partial charge in [0, 0.05) is 39.3 Å². The summed E-state index contributed by atoms with van der Waals surface area (Å²) >= 11 is 0. The molecular weight excluding hydrogens is 269 g/mol. The number of hydrogen-bond acceptors (Lipinski definition) is 4. The first-order valence-corrected chi connectivity index (χ1v) is 4.71. The molecule has 1 aliphatic heterocycles. The van der Waals surface area contributed by atoms with E-state index in [1.807, 2.05) is 4.81 Å². The molecule has 0 saturated carbocycles. The van der Waals surface area contributed by atoms with Crippen molar-refractivity contribution in [2.24, 2.45) is 5.73 Å². The molecule has 1 radical (unpaired) electrons.